The fourth-order valence-electron chi connectivity index (χ4n) is 0.768. The molecular weight excluding hydrogens is 146 g/mol. The van der Waals surface area contributed by atoms with Crippen molar-refractivity contribution in [3.63, 3.8) is 0 Å². The van der Waals surface area contributed by atoms with Crippen LogP contribution >= 0.6 is 0 Å². The Balaban J connectivity index is 2.54. The fourth-order valence-corrected chi connectivity index (χ4v) is 0.768. The first-order valence-corrected chi connectivity index (χ1v) is 3.51. The van der Waals surface area contributed by atoms with Crippen molar-refractivity contribution < 1.29 is 14.3 Å². The van der Waals surface area contributed by atoms with E-state index in [0.29, 0.717) is 6.29 Å². The lowest BCUT2D eigenvalue weighted by Crippen LogP contribution is -2.58. The summed E-state index contributed by atoms with van der Waals surface area (Å²) in [5.74, 6) is -0.605. The molecule has 1 heterocycles. The van der Waals surface area contributed by atoms with Crippen molar-refractivity contribution in [2.75, 3.05) is 13.2 Å². The molecule has 4 heteroatoms. The minimum atomic E-state index is -0.949. The molecule has 1 rings (SSSR count). The number of hydrogen-bond donors (Lipinski definition) is 1. The van der Waals surface area contributed by atoms with Gasteiger partial charge in [-0.25, -0.2) is 0 Å². The van der Waals surface area contributed by atoms with Crippen molar-refractivity contribution in [2.45, 2.75) is 25.2 Å². The molecule has 0 aromatic heterocycles. The Morgan fingerprint density at radius 1 is 1.36 bits per heavy atom. The van der Waals surface area contributed by atoms with Crippen LogP contribution in [0.25, 0.3) is 0 Å². The van der Waals surface area contributed by atoms with Crippen molar-refractivity contribution >= 4 is 6.29 Å². The summed E-state index contributed by atoms with van der Waals surface area (Å²) in [5, 5.41) is 0. The van der Waals surface area contributed by atoms with Gasteiger partial charge in [-0.05, 0) is 13.8 Å². The van der Waals surface area contributed by atoms with Gasteiger partial charge in [-0.3, -0.25) is 0 Å². The van der Waals surface area contributed by atoms with Gasteiger partial charge >= 0.3 is 0 Å². The number of rotatable bonds is 1. The molecule has 2 N–H and O–H groups in total. The molecule has 0 saturated carbocycles. The van der Waals surface area contributed by atoms with E-state index in [1.54, 1.807) is 13.8 Å². The molecule has 4 nitrogen and oxygen atoms in total. The molecule has 64 valence electrons. The Morgan fingerprint density at radius 2 is 1.82 bits per heavy atom. The second-order valence-corrected chi connectivity index (χ2v) is 3.33. The van der Waals surface area contributed by atoms with E-state index in [4.69, 9.17) is 15.2 Å². The van der Waals surface area contributed by atoms with Crippen LogP contribution in [0.2, 0.25) is 0 Å². The van der Waals surface area contributed by atoms with Gasteiger partial charge in [0.25, 0.3) is 0 Å². The molecule has 0 unspecified atom stereocenters. The Hall–Kier alpha value is -0.450. The Morgan fingerprint density at radius 3 is 2.18 bits per heavy atom. The van der Waals surface area contributed by atoms with E-state index in [-0.39, 0.29) is 13.2 Å². The fraction of sp³-hybridized carbons (Fsp3) is 0.857. The van der Waals surface area contributed by atoms with Crippen LogP contribution in [-0.2, 0) is 14.3 Å². The van der Waals surface area contributed by atoms with Gasteiger partial charge in [0.2, 0.25) is 0 Å². The molecule has 0 aliphatic carbocycles. The summed E-state index contributed by atoms with van der Waals surface area (Å²) >= 11 is 0. The molecule has 1 saturated heterocycles. The van der Waals surface area contributed by atoms with Crippen LogP contribution in [0.15, 0.2) is 0 Å². The third-order valence-electron chi connectivity index (χ3n) is 1.61. The molecular formula is C7H13NO3. The predicted octanol–water partition coefficient (Wildman–Crippen LogP) is -0.334. The van der Waals surface area contributed by atoms with Gasteiger partial charge in [0.15, 0.2) is 5.79 Å². The van der Waals surface area contributed by atoms with Gasteiger partial charge < -0.3 is 20.0 Å². The van der Waals surface area contributed by atoms with Gasteiger partial charge in [-0.1, -0.05) is 0 Å². The summed E-state index contributed by atoms with van der Waals surface area (Å²) in [4.78, 5) is 10.4. The third kappa shape index (κ3) is 1.99. The number of carbonyl (C=O) groups is 1. The molecule has 0 bridgehead atoms. The first-order chi connectivity index (χ1) is 4.97. The van der Waals surface area contributed by atoms with Crippen molar-refractivity contribution in [1.82, 2.24) is 0 Å². The van der Waals surface area contributed by atoms with Gasteiger partial charge in [0.05, 0.1) is 13.2 Å². The van der Waals surface area contributed by atoms with Crippen molar-refractivity contribution in [1.29, 1.82) is 0 Å². The summed E-state index contributed by atoms with van der Waals surface area (Å²) in [7, 11) is 0. The van der Waals surface area contributed by atoms with Gasteiger partial charge in [-0.2, -0.15) is 0 Å². The van der Waals surface area contributed by atoms with Gasteiger partial charge in [0, 0.05) is 0 Å². The van der Waals surface area contributed by atoms with Crippen LogP contribution in [0.5, 0.6) is 0 Å². The molecule has 0 spiro atoms. The Kier molecular flexibility index (Phi) is 2.00. The van der Waals surface area contributed by atoms with E-state index in [1.807, 2.05) is 0 Å². The van der Waals surface area contributed by atoms with E-state index in [2.05, 4.69) is 0 Å². The monoisotopic (exact) mass is 159 g/mol. The zero-order valence-corrected chi connectivity index (χ0v) is 6.79. The number of ether oxygens (including phenoxy) is 2. The first-order valence-electron chi connectivity index (χ1n) is 3.51. The minimum Gasteiger partial charge on any atom is -0.348 e. The van der Waals surface area contributed by atoms with E-state index < -0.39 is 11.3 Å². The quantitative estimate of drug-likeness (QED) is 0.532. The lowest BCUT2D eigenvalue weighted by molar-refractivity contribution is -0.261. The summed E-state index contributed by atoms with van der Waals surface area (Å²) < 4.78 is 10.4. The Bertz CT molecular complexity index is 157. The summed E-state index contributed by atoms with van der Waals surface area (Å²) in [6, 6.07) is 0. The minimum absolute atomic E-state index is 0.226. The number of hydrogen-bond acceptors (Lipinski definition) is 4. The summed E-state index contributed by atoms with van der Waals surface area (Å²) in [6.45, 7) is 4.03. The largest absolute Gasteiger partial charge is 0.348 e. The van der Waals surface area contributed by atoms with E-state index in [1.165, 1.54) is 0 Å². The lowest BCUT2D eigenvalue weighted by atomic mass is 10.1. The van der Waals surface area contributed by atoms with Crippen LogP contribution in [0.4, 0.5) is 0 Å². The Labute approximate surface area is 65.7 Å². The maximum atomic E-state index is 10.4. The van der Waals surface area contributed by atoms with Crippen LogP contribution in [0.3, 0.4) is 0 Å². The van der Waals surface area contributed by atoms with Gasteiger partial charge in [0.1, 0.15) is 11.8 Å². The molecule has 1 aliphatic rings. The average molecular weight is 159 g/mol. The average Bonchev–Trinajstić information content (AvgIpc) is 1.97. The smallest absolute Gasteiger partial charge is 0.162 e. The van der Waals surface area contributed by atoms with Crippen LogP contribution in [0.1, 0.15) is 13.8 Å². The number of aldehydes is 1. The van der Waals surface area contributed by atoms with Crippen molar-refractivity contribution in [2.24, 2.45) is 5.73 Å². The zero-order chi connectivity index (χ0) is 8.54. The van der Waals surface area contributed by atoms with E-state index in [9.17, 15) is 4.79 Å². The molecule has 0 atom stereocenters. The molecule has 1 fully saturated rings. The highest BCUT2D eigenvalue weighted by Gasteiger charge is 2.36. The maximum Gasteiger partial charge on any atom is 0.162 e. The summed E-state index contributed by atoms with van der Waals surface area (Å²) in [5.41, 5.74) is 4.61. The second kappa shape index (κ2) is 2.55. The highest BCUT2D eigenvalue weighted by Crippen LogP contribution is 2.20. The highest BCUT2D eigenvalue weighted by molar-refractivity contribution is 5.64. The summed E-state index contributed by atoms with van der Waals surface area (Å²) in [6.07, 6.45) is 0.669. The predicted molar refractivity (Wildman–Crippen MR) is 39.0 cm³/mol. The van der Waals surface area contributed by atoms with Crippen LogP contribution < -0.4 is 5.73 Å². The molecule has 0 aromatic carbocycles. The normalized spacial score (nSPS) is 27.9. The zero-order valence-electron chi connectivity index (χ0n) is 6.79. The second-order valence-electron chi connectivity index (χ2n) is 3.33. The van der Waals surface area contributed by atoms with Crippen LogP contribution in [-0.4, -0.2) is 30.8 Å². The molecule has 1 aliphatic heterocycles. The van der Waals surface area contributed by atoms with Crippen LogP contribution in [0, 0.1) is 0 Å². The first kappa shape index (κ1) is 8.64. The third-order valence-corrected chi connectivity index (χ3v) is 1.61. The SMILES string of the molecule is CC1(C)OCC(N)(C=O)CO1. The topological polar surface area (TPSA) is 61.5 Å². The van der Waals surface area contributed by atoms with E-state index >= 15 is 0 Å². The van der Waals surface area contributed by atoms with E-state index in [0.717, 1.165) is 0 Å². The van der Waals surface area contributed by atoms with Crippen molar-refractivity contribution in [3.8, 4) is 0 Å². The molecule has 11 heavy (non-hydrogen) atoms. The molecule has 0 amide bonds. The lowest BCUT2D eigenvalue weighted by Gasteiger charge is -2.37. The highest BCUT2D eigenvalue weighted by atomic mass is 16.7. The standard InChI is InChI=1S/C7H13NO3/c1-6(2)10-4-7(8,3-9)5-11-6/h3H,4-5,8H2,1-2H3. The molecule has 0 radical (unpaired) electrons. The maximum absolute atomic E-state index is 10.4. The number of nitrogens with two attached hydrogens (primary N) is 1. The number of carbonyl (C=O) groups excluding carboxylic acids is 1. The molecule has 0 aromatic rings. The van der Waals surface area contributed by atoms with Gasteiger partial charge in [-0.15, -0.1) is 0 Å². The van der Waals surface area contributed by atoms with Crippen molar-refractivity contribution in [3.05, 3.63) is 0 Å².